The van der Waals surface area contributed by atoms with Gasteiger partial charge in [0, 0.05) is 12.8 Å². The van der Waals surface area contributed by atoms with Crippen molar-refractivity contribution in [3.8, 4) is 0 Å². The van der Waals surface area contributed by atoms with Crippen molar-refractivity contribution < 1.29 is 8.78 Å². The van der Waals surface area contributed by atoms with Gasteiger partial charge in [0.05, 0.1) is 0 Å². The summed E-state index contributed by atoms with van der Waals surface area (Å²) in [4.78, 5) is 0. The SMILES string of the molecule is [NH-]CC1CCC(F)(F)CC1. The van der Waals surface area contributed by atoms with Gasteiger partial charge in [0.1, 0.15) is 0 Å². The molecule has 0 radical (unpaired) electrons. The molecule has 10 heavy (non-hydrogen) atoms. The van der Waals surface area contributed by atoms with Gasteiger partial charge in [-0.3, -0.25) is 0 Å². The van der Waals surface area contributed by atoms with E-state index < -0.39 is 5.92 Å². The Balaban J connectivity index is 2.31. The lowest BCUT2D eigenvalue weighted by molar-refractivity contribution is -0.0440. The van der Waals surface area contributed by atoms with E-state index in [4.69, 9.17) is 5.73 Å². The zero-order valence-electron chi connectivity index (χ0n) is 5.87. The van der Waals surface area contributed by atoms with Gasteiger partial charge in [-0.05, 0) is 12.8 Å². The first kappa shape index (κ1) is 7.92. The summed E-state index contributed by atoms with van der Waals surface area (Å²) in [6.45, 7) is 0.316. The van der Waals surface area contributed by atoms with E-state index in [1.807, 2.05) is 0 Å². The molecule has 60 valence electrons. The molecule has 1 aliphatic rings. The maximum Gasteiger partial charge on any atom is 0.248 e. The summed E-state index contributed by atoms with van der Waals surface area (Å²) in [7, 11) is 0. The summed E-state index contributed by atoms with van der Waals surface area (Å²) < 4.78 is 24.9. The quantitative estimate of drug-likeness (QED) is 0.546. The fourth-order valence-corrected chi connectivity index (χ4v) is 1.30. The third-order valence-corrected chi connectivity index (χ3v) is 2.13. The van der Waals surface area contributed by atoms with E-state index in [1.54, 1.807) is 0 Å². The van der Waals surface area contributed by atoms with Gasteiger partial charge in [-0.1, -0.05) is 5.92 Å². The molecule has 0 aromatic rings. The van der Waals surface area contributed by atoms with E-state index in [-0.39, 0.29) is 18.8 Å². The number of rotatable bonds is 1. The Kier molecular flexibility index (Phi) is 2.24. The van der Waals surface area contributed by atoms with Crippen molar-refractivity contribution in [3.63, 3.8) is 0 Å². The van der Waals surface area contributed by atoms with Gasteiger partial charge < -0.3 is 5.73 Å². The number of hydrogen-bond acceptors (Lipinski definition) is 0. The van der Waals surface area contributed by atoms with E-state index in [0.717, 1.165) is 0 Å². The van der Waals surface area contributed by atoms with E-state index in [1.165, 1.54) is 0 Å². The maximum atomic E-state index is 12.5. The fourth-order valence-electron chi connectivity index (χ4n) is 1.30. The molecule has 1 nitrogen and oxygen atoms in total. The van der Waals surface area contributed by atoms with Crippen LogP contribution in [-0.4, -0.2) is 12.5 Å². The van der Waals surface area contributed by atoms with Crippen molar-refractivity contribution in [1.29, 1.82) is 0 Å². The second kappa shape index (κ2) is 2.82. The number of hydrogen-bond donors (Lipinski definition) is 0. The molecule has 1 aliphatic carbocycles. The van der Waals surface area contributed by atoms with Crippen molar-refractivity contribution in [2.24, 2.45) is 5.92 Å². The molecule has 0 bridgehead atoms. The van der Waals surface area contributed by atoms with Crippen LogP contribution in [0, 0.1) is 5.92 Å². The molecule has 0 heterocycles. The monoisotopic (exact) mass is 148 g/mol. The molecule has 3 heteroatoms. The van der Waals surface area contributed by atoms with Gasteiger partial charge >= 0.3 is 0 Å². The normalized spacial score (nSPS) is 26.7. The summed E-state index contributed by atoms with van der Waals surface area (Å²) in [5, 5.41) is 0. The minimum absolute atomic E-state index is 0.00343. The lowest BCUT2D eigenvalue weighted by Gasteiger charge is -2.29. The fraction of sp³-hybridized carbons (Fsp3) is 1.00. The Bertz CT molecular complexity index is 104. The van der Waals surface area contributed by atoms with Crippen LogP contribution in [0.1, 0.15) is 25.7 Å². The highest BCUT2D eigenvalue weighted by molar-refractivity contribution is 4.79. The highest BCUT2D eigenvalue weighted by Gasteiger charge is 2.33. The summed E-state index contributed by atoms with van der Waals surface area (Å²) in [5.74, 6) is -2.19. The second-order valence-electron chi connectivity index (χ2n) is 3.00. The molecule has 1 rings (SSSR count). The van der Waals surface area contributed by atoms with Crippen LogP contribution in [0.3, 0.4) is 0 Å². The molecule has 0 aliphatic heterocycles. The van der Waals surface area contributed by atoms with Crippen molar-refractivity contribution in [2.75, 3.05) is 6.54 Å². The molecule has 0 amide bonds. The summed E-state index contributed by atoms with van der Waals surface area (Å²) in [5.41, 5.74) is 6.98. The molecular weight excluding hydrogens is 136 g/mol. The van der Waals surface area contributed by atoms with E-state index in [2.05, 4.69) is 0 Å². The molecule has 1 saturated carbocycles. The number of nitrogens with one attached hydrogen (secondary N) is 1. The average molecular weight is 148 g/mol. The van der Waals surface area contributed by atoms with Crippen molar-refractivity contribution in [2.45, 2.75) is 31.6 Å². The Morgan fingerprint density at radius 1 is 1.30 bits per heavy atom. The maximum absolute atomic E-state index is 12.5. The molecule has 1 fully saturated rings. The molecule has 0 aromatic carbocycles. The summed E-state index contributed by atoms with van der Waals surface area (Å²) in [6, 6.07) is 0. The highest BCUT2D eigenvalue weighted by atomic mass is 19.3. The van der Waals surface area contributed by atoms with Crippen LogP contribution in [0.25, 0.3) is 5.73 Å². The Morgan fingerprint density at radius 2 is 1.80 bits per heavy atom. The van der Waals surface area contributed by atoms with Crippen molar-refractivity contribution in [3.05, 3.63) is 5.73 Å². The van der Waals surface area contributed by atoms with Crippen LogP contribution in [-0.2, 0) is 0 Å². The van der Waals surface area contributed by atoms with Gasteiger partial charge in [-0.25, -0.2) is 8.78 Å². The largest absolute Gasteiger partial charge is 0.677 e. The van der Waals surface area contributed by atoms with Gasteiger partial charge in [-0.15, -0.1) is 6.54 Å². The van der Waals surface area contributed by atoms with Crippen LogP contribution in [0.2, 0.25) is 0 Å². The number of alkyl halides is 2. The molecular formula is C7H12F2N-. The highest BCUT2D eigenvalue weighted by Crippen LogP contribution is 2.35. The van der Waals surface area contributed by atoms with Crippen LogP contribution in [0.15, 0.2) is 0 Å². The minimum Gasteiger partial charge on any atom is -0.677 e. The third kappa shape index (κ3) is 1.90. The molecule has 0 aromatic heterocycles. The van der Waals surface area contributed by atoms with Gasteiger partial charge in [-0.2, -0.15) is 0 Å². The van der Waals surface area contributed by atoms with Crippen molar-refractivity contribution in [1.82, 2.24) is 0 Å². The smallest absolute Gasteiger partial charge is 0.248 e. The van der Waals surface area contributed by atoms with Gasteiger partial charge in [0.2, 0.25) is 5.92 Å². The average Bonchev–Trinajstić information content (AvgIpc) is 1.88. The molecule has 0 atom stereocenters. The summed E-state index contributed by atoms with van der Waals surface area (Å²) >= 11 is 0. The Labute approximate surface area is 59.6 Å². The van der Waals surface area contributed by atoms with Gasteiger partial charge in [0.15, 0.2) is 0 Å². The van der Waals surface area contributed by atoms with Crippen LogP contribution in [0.5, 0.6) is 0 Å². The predicted octanol–water partition coefficient (Wildman–Crippen LogP) is 2.86. The Hall–Kier alpha value is -0.180. The lowest BCUT2D eigenvalue weighted by atomic mass is 9.87. The molecule has 0 saturated heterocycles. The van der Waals surface area contributed by atoms with Gasteiger partial charge in [0.25, 0.3) is 0 Å². The van der Waals surface area contributed by atoms with Crippen LogP contribution in [0.4, 0.5) is 8.78 Å². The van der Waals surface area contributed by atoms with E-state index in [9.17, 15) is 8.78 Å². The zero-order valence-corrected chi connectivity index (χ0v) is 5.87. The zero-order chi connectivity index (χ0) is 7.61. The first-order valence-electron chi connectivity index (χ1n) is 3.66. The third-order valence-electron chi connectivity index (χ3n) is 2.13. The Morgan fingerprint density at radius 3 is 2.20 bits per heavy atom. The van der Waals surface area contributed by atoms with Crippen LogP contribution < -0.4 is 0 Å². The summed E-state index contributed by atoms with van der Waals surface area (Å²) in [6.07, 6.45) is 1.07. The first-order chi connectivity index (χ1) is 4.64. The standard InChI is InChI=1S/C7H12F2N/c8-7(9)3-1-6(5-10)2-4-7/h6,10H,1-5H2/q-1. The second-order valence-corrected chi connectivity index (χ2v) is 3.00. The molecule has 1 N–H and O–H groups in total. The lowest BCUT2D eigenvalue weighted by Crippen LogP contribution is -2.25. The molecule has 0 unspecified atom stereocenters. The predicted molar refractivity (Wildman–Crippen MR) is 36.1 cm³/mol. The number of halogens is 2. The van der Waals surface area contributed by atoms with Crippen LogP contribution >= 0.6 is 0 Å². The van der Waals surface area contributed by atoms with E-state index >= 15 is 0 Å². The van der Waals surface area contributed by atoms with E-state index in [0.29, 0.717) is 19.4 Å². The first-order valence-corrected chi connectivity index (χ1v) is 3.66. The minimum atomic E-state index is -2.42. The topological polar surface area (TPSA) is 23.8 Å². The van der Waals surface area contributed by atoms with Crippen molar-refractivity contribution >= 4 is 0 Å². The molecule has 0 spiro atoms.